The normalized spacial score (nSPS) is 11.1. The minimum absolute atomic E-state index is 0.440. The molecule has 0 atom stereocenters. The van der Waals surface area contributed by atoms with Gasteiger partial charge in [-0.2, -0.15) is 14.9 Å². The number of hydrogen-bond acceptors (Lipinski definition) is 5. The summed E-state index contributed by atoms with van der Waals surface area (Å²) in [4.78, 5) is 6.41. The van der Waals surface area contributed by atoms with Crippen LogP contribution in [0, 0.1) is 4.77 Å². The van der Waals surface area contributed by atoms with E-state index in [9.17, 15) is 0 Å². The van der Waals surface area contributed by atoms with Crippen molar-refractivity contribution in [2.75, 3.05) is 18.0 Å². The molecule has 2 aromatic heterocycles. The van der Waals surface area contributed by atoms with Gasteiger partial charge in [-0.3, -0.25) is 4.98 Å². The van der Waals surface area contributed by atoms with E-state index in [1.165, 1.54) is 5.69 Å². The largest absolute Gasteiger partial charge is 0.372 e. The van der Waals surface area contributed by atoms with Crippen molar-refractivity contribution in [1.29, 1.82) is 0 Å². The van der Waals surface area contributed by atoms with Crippen molar-refractivity contribution in [3.63, 3.8) is 0 Å². The van der Waals surface area contributed by atoms with Gasteiger partial charge in [0, 0.05) is 36.7 Å². The summed E-state index contributed by atoms with van der Waals surface area (Å²) in [5.74, 6) is 0.633. The van der Waals surface area contributed by atoms with Gasteiger partial charge in [0.2, 0.25) is 4.77 Å². The van der Waals surface area contributed by atoms with E-state index in [4.69, 9.17) is 12.2 Å². The molecule has 25 heavy (non-hydrogen) atoms. The van der Waals surface area contributed by atoms with Crippen molar-refractivity contribution in [3.05, 3.63) is 59.1 Å². The van der Waals surface area contributed by atoms with E-state index in [1.807, 2.05) is 24.3 Å². The van der Waals surface area contributed by atoms with E-state index in [0.29, 0.717) is 10.6 Å². The van der Waals surface area contributed by atoms with Crippen LogP contribution < -0.4 is 4.90 Å². The summed E-state index contributed by atoms with van der Waals surface area (Å²) in [5, 5.41) is 11.5. The summed E-state index contributed by atoms with van der Waals surface area (Å²) in [6.07, 6.45) is 5.23. The third-order valence-corrected chi connectivity index (χ3v) is 4.18. The van der Waals surface area contributed by atoms with Gasteiger partial charge in [-0.25, -0.2) is 5.10 Å². The number of anilines is 1. The van der Waals surface area contributed by atoms with Gasteiger partial charge in [-0.15, -0.1) is 0 Å². The molecule has 1 N–H and O–H groups in total. The van der Waals surface area contributed by atoms with Crippen LogP contribution in [0.3, 0.4) is 0 Å². The Bertz CT molecular complexity index is 891. The predicted molar refractivity (Wildman–Crippen MR) is 104 cm³/mol. The molecule has 3 rings (SSSR count). The summed E-state index contributed by atoms with van der Waals surface area (Å²) in [5.41, 5.74) is 3.05. The number of benzene rings is 1. The number of nitrogens with one attached hydrogen (secondary N) is 1. The maximum atomic E-state index is 5.28. The zero-order valence-corrected chi connectivity index (χ0v) is 15.1. The Kier molecular flexibility index (Phi) is 5.35. The highest BCUT2D eigenvalue weighted by atomic mass is 32.1. The van der Waals surface area contributed by atoms with E-state index in [2.05, 4.69) is 51.2 Å². The molecule has 0 bridgehead atoms. The molecule has 0 radical (unpaired) electrons. The van der Waals surface area contributed by atoms with E-state index in [-0.39, 0.29) is 0 Å². The maximum absolute atomic E-state index is 5.28. The molecule has 0 aliphatic rings. The molecule has 0 aliphatic heterocycles. The van der Waals surface area contributed by atoms with Gasteiger partial charge < -0.3 is 4.90 Å². The highest BCUT2D eigenvalue weighted by Gasteiger charge is 2.07. The number of nitrogens with zero attached hydrogens (tertiary/aromatic N) is 5. The minimum atomic E-state index is 0.440. The Balaban J connectivity index is 1.86. The molecular weight excluding hydrogens is 332 g/mol. The number of rotatable bonds is 6. The van der Waals surface area contributed by atoms with Crippen LogP contribution in [0.5, 0.6) is 0 Å². The summed E-state index contributed by atoms with van der Waals surface area (Å²) in [6.45, 7) is 6.28. The Morgan fingerprint density at radius 2 is 1.96 bits per heavy atom. The minimum Gasteiger partial charge on any atom is -0.372 e. The van der Waals surface area contributed by atoms with Gasteiger partial charge in [-0.1, -0.05) is 12.1 Å². The van der Waals surface area contributed by atoms with E-state index in [1.54, 1.807) is 23.3 Å². The fourth-order valence-corrected chi connectivity index (χ4v) is 2.74. The SMILES string of the molecule is CCN(CC)c1ccc(/C=N\n2c(-c3cccnc3)n[nH]c2=S)cc1. The van der Waals surface area contributed by atoms with Gasteiger partial charge in [0.25, 0.3) is 0 Å². The number of pyridine rings is 1. The molecule has 0 fully saturated rings. The van der Waals surface area contributed by atoms with Crippen LogP contribution in [0.15, 0.2) is 53.9 Å². The third-order valence-electron chi connectivity index (χ3n) is 3.91. The lowest BCUT2D eigenvalue weighted by molar-refractivity contribution is 0.865. The fraction of sp³-hybridized carbons (Fsp3) is 0.222. The predicted octanol–water partition coefficient (Wildman–Crippen LogP) is 3.73. The molecule has 0 amide bonds. The van der Waals surface area contributed by atoms with Crippen molar-refractivity contribution in [1.82, 2.24) is 19.9 Å². The molecule has 0 unspecified atom stereocenters. The average molecular weight is 352 g/mol. The van der Waals surface area contributed by atoms with Crippen LogP contribution >= 0.6 is 12.2 Å². The Morgan fingerprint density at radius 3 is 2.60 bits per heavy atom. The summed E-state index contributed by atoms with van der Waals surface area (Å²) in [6, 6.07) is 12.1. The van der Waals surface area contributed by atoms with E-state index in [0.717, 1.165) is 24.2 Å². The molecule has 0 saturated carbocycles. The zero-order chi connectivity index (χ0) is 17.6. The van der Waals surface area contributed by atoms with E-state index >= 15 is 0 Å². The van der Waals surface area contributed by atoms with Crippen LogP contribution in [0.1, 0.15) is 19.4 Å². The molecule has 0 aliphatic carbocycles. The van der Waals surface area contributed by atoms with Crippen LogP contribution in [-0.2, 0) is 0 Å². The van der Waals surface area contributed by atoms with Crippen LogP contribution in [0.25, 0.3) is 11.4 Å². The number of H-pyrrole nitrogens is 1. The molecular formula is C18H20N6S. The van der Waals surface area contributed by atoms with Crippen molar-refractivity contribution in [2.45, 2.75) is 13.8 Å². The molecule has 0 saturated heterocycles. The smallest absolute Gasteiger partial charge is 0.216 e. The molecule has 128 valence electrons. The van der Waals surface area contributed by atoms with Crippen molar-refractivity contribution in [2.24, 2.45) is 5.10 Å². The lowest BCUT2D eigenvalue weighted by atomic mass is 10.2. The first kappa shape index (κ1) is 17.0. The van der Waals surface area contributed by atoms with Gasteiger partial charge in [-0.05, 0) is 55.9 Å². The van der Waals surface area contributed by atoms with Gasteiger partial charge in [0.1, 0.15) is 0 Å². The zero-order valence-electron chi connectivity index (χ0n) is 14.3. The lowest BCUT2D eigenvalue weighted by Crippen LogP contribution is -2.21. The first-order valence-corrected chi connectivity index (χ1v) is 8.61. The van der Waals surface area contributed by atoms with Crippen molar-refractivity contribution < 1.29 is 0 Å². The molecule has 6 nitrogen and oxygen atoms in total. The van der Waals surface area contributed by atoms with Gasteiger partial charge >= 0.3 is 0 Å². The maximum Gasteiger partial charge on any atom is 0.216 e. The summed E-state index contributed by atoms with van der Waals surface area (Å²) >= 11 is 5.28. The van der Waals surface area contributed by atoms with Crippen LogP contribution in [0.4, 0.5) is 5.69 Å². The monoisotopic (exact) mass is 352 g/mol. The summed E-state index contributed by atoms with van der Waals surface area (Å²) in [7, 11) is 0. The highest BCUT2D eigenvalue weighted by molar-refractivity contribution is 7.71. The molecule has 7 heteroatoms. The highest BCUT2D eigenvalue weighted by Crippen LogP contribution is 2.16. The number of hydrogen-bond donors (Lipinski definition) is 1. The number of aromatic nitrogens is 4. The van der Waals surface area contributed by atoms with E-state index < -0.39 is 0 Å². The third kappa shape index (κ3) is 3.83. The topological polar surface area (TPSA) is 62.1 Å². The quantitative estimate of drug-likeness (QED) is 0.542. The second-order valence-electron chi connectivity index (χ2n) is 5.41. The Hall–Kier alpha value is -2.80. The van der Waals surface area contributed by atoms with Crippen molar-refractivity contribution in [3.8, 4) is 11.4 Å². The van der Waals surface area contributed by atoms with Crippen molar-refractivity contribution >= 4 is 24.1 Å². The van der Waals surface area contributed by atoms with Crippen LogP contribution in [0.2, 0.25) is 0 Å². The Labute approximate surface area is 151 Å². The fourth-order valence-electron chi connectivity index (χ4n) is 2.57. The first-order chi connectivity index (χ1) is 12.2. The molecule has 2 heterocycles. The first-order valence-electron chi connectivity index (χ1n) is 8.20. The molecule has 1 aromatic carbocycles. The Morgan fingerprint density at radius 1 is 1.20 bits per heavy atom. The summed E-state index contributed by atoms with van der Waals surface area (Å²) < 4.78 is 2.04. The molecule has 0 spiro atoms. The average Bonchev–Trinajstić information content (AvgIpc) is 3.03. The lowest BCUT2D eigenvalue weighted by Gasteiger charge is -2.20. The molecule has 3 aromatic rings. The second kappa shape index (κ2) is 7.85. The van der Waals surface area contributed by atoms with Crippen LogP contribution in [-0.4, -0.2) is 39.2 Å². The van der Waals surface area contributed by atoms with Gasteiger partial charge in [0.15, 0.2) is 5.82 Å². The standard InChI is InChI=1S/C18H20N6S/c1-3-23(4-2)16-9-7-14(8-10-16)12-20-24-17(21-22-18(24)25)15-6-5-11-19-13-15/h5-13H,3-4H2,1-2H3,(H,22,25)/b20-12-. The second-order valence-corrected chi connectivity index (χ2v) is 5.80. The van der Waals surface area contributed by atoms with Gasteiger partial charge in [0.05, 0.1) is 6.21 Å². The number of aromatic amines is 1.